The molecule has 13 nitrogen and oxygen atoms in total. The first kappa shape index (κ1) is 20.1. The number of nitrogen functional groups attached to an aromatic ring is 1. The molecule has 0 saturated carbocycles. The molecule has 3 aromatic heterocycles. The van der Waals surface area contributed by atoms with E-state index in [2.05, 4.69) is 46.0 Å². The highest BCUT2D eigenvalue weighted by Gasteiger charge is 2.24. The fourth-order valence-electron chi connectivity index (χ4n) is 2.44. The number of hydrogen-bond donors (Lipinski definition) is 2. The van der Waals surface area contributed by atoms with Crippen LogP contribution in [0.15, 0.2) is 45.5 Å². The number of hydrogen-bond acceptors (Lipinski definition) is 11. The van der Waals surface area contributed by atoms with Gasteiger partial charge in [-0.1, -0.05) is 35.2 Å². The van der Waals surface area contributed by atoms with E-state index in [1.807, 2.05) is 0 Å². The van der Waals surface area contributed by atoms with Crippen LogP contribution in [0.2, 0.25) is 0 Å². The van der Waals surface area contributed by atoms with Crippen LogP contribution in [0.3, 0.4) is 0 Å². The molecule has 1 aromatic carbocycles. The Morgan fingerprint density at radius 1 is 1.35 bits per heavy atom. The number of nitrogens with two attached hydrogens (primary N) is 1. The Kier molecular flexibility index (Phi) is 5.65. The van der Waals surface area contributed by atoms with E-state index < -0.39 is 11.7 Å². The molecule has 15 heteroatoms. The van der Waals surface area contributed by atoms with E-state index in [1.54, 1.807) is 30.1 Å². The third-order valence-electron chi connectivity index (χ3n) is 3.96. The number of nitrogens with one attached hydrogen (secondary N) is 1. The lowest BCUT2D eigenvalue weighted by atomic mass is 10.2. The normalized spacial score (nSPS) is 11.3. The molecule has 0 fully saturated rings. The highest BCUT2D eigenvalue weighted by molar-refractivity contribution is 7.98. The van der Waals surface area contributed by atoms with Gasteiger partial charge in [0, 0.05) is 18.4 Å². The summed E-state index contributed by atoms with van der Waals surface area (Å²) < 4.78 is 21.3. The summed E-state index contributed by atoms with van der Waals surface area (Å²) in [5.74, 6) is -0.871. The largest absolute Gasteiger partial charge is 0.378 e. The summed E-state index contributed by atoms with van der Waals surface area (Å²) in [7, 11) is 1.78. The zero-order valence-corrected chi connectivity index (χ0v) is 16.7. The number of amides is 1. The molecule has 4 rings (SSSR count). The van der Waals surface area contributed by atoms with Crippen molar-refractivity contribution >= 4 is 29.7 Å². The van der Waals surface area contributed by atoms with Gasteiger partial charge in [0.25, 0.3) is 5.91 Å². The van der Waals surface area contributed by atoms with Crippen LogP contribution in [0.5, 0.6) is 0 Å². The lowest BCUT2D eigenvalue weighted by Gasteiger charge is -2.05. The average Bonchev–Trinajstić information content (AvgIpc) is 3.47. The zero-order valence-electron chi connectivity index (χ0n) is 15.9. The van der Waals surface area contributed by atoms with Crippen molar-refractivity contribution in [1.82, 2.24) is 45.5 Å². The molecule has 3 heterocycles. The third kappa shape index (κ3) is 4.25. The van der Waals surface area contributed by atoms with Crippen LogP contribution in [0.1, 0.15) is 21.7 Å². The van der Waals surface area contributed by atoms with Crippen molar-refractivity contribution in [2.75, 3.05) is 5.73 Å². The third-order valence-corrected chi connectivity index (χ3v) is 5.00. The Morgan fingerprint density at radius 3 is 2.90 bits per heavy atom. The van der Waals surface area contributed by atoms with Gasteiger partial charge in [-0.15, -0.1) is 15.3 Å². The van der Waals surface area contributed by atoms with Gasteiger partial charge in [0.2, 0.25) is 11.6 Å². The minimum absolute atomic E-state index is 0.0284. The molecule has 0 radical (unpaired) electrons. The quantitative estimate of drug-likeness (QED) is 0.234. The second-order valence-electron chi connectivity index (χ2n) is 6.00. The molecule has 3 N–H and O–H groups in total. The fourth-order valence-corrected chi connectivity index (χ4v) is 3.33. The standard InChI is InChI=1S/C16H14FN11O2S/c1-27-8-20-23-16(27)31-7-11-12(21-26-28(11)14-13(18)24-30-25-14)15(29)22-19-6-9-4-2-3-5-10(9)17/h2-6,8H,7H2,1H3,(H2,18,24)(H,22,29)/b19-6-. The number of benzene rings is 1. The van der Waals surface area contributed by atoms with E-state index in [4.69, 9.17) is 5.73 Å². The summed E-state index contributed by atoms with van der Waals surface area (Å²) in [6, 6.07) is 6.00. The average molecular weight is 443 g/mol. The Hall–Kier alpha value is -4.14. The summed E-state index contributed by atoms with van der Waals surface area (Å²) in [6.45, 7) is 0. The summed E-state index contributed by atoms with van der Waals surface area (Å²) >= 11 is 1.28. The zero-order chi connectivity index (χ0) is 21.8. The van der Waals surface area contributed by atoms with Crippen LogP contribution in [-0.4, -0.2) is 52.2 Å². The number of carbonyl (C=O) groups is 1. The number of aryl methyl sites for hydroxylation is 1. The van der Waals surface area contributed by atoms with Crippen LogP contribution < -0.4 is 11.2 Å². The maximum Gasteiger partial charge on any atom is 0.293 e. The second kappa shape index (κ2) is 8.70. The second-order valence-corrected chi connectivity index (χ2v) is 6.95. The number of rotatable bonds is 7. The highest BCUT2D eigenvalue weighted by atomic mass is 32.2. The molecular weight excluding hydrogens is 429 g/mol. The van der Waals surface area contributed by atoms with E-state index in [9.17, 15) is 9.18 Å². The summed E-state index contributed by atoms with van der Waals surface area (Å²) in [4.78, 5) is 12.7. The van der Waals surface area contributed by atoms with Crippen molar-refractivity contribution < 1.29 is 13.8 Å². The molecule has 31 heavy (non-hydrogen) atoms. The molecule has 0 aliphatic rings. The summed E-state index contributed by atoms with van der Waals surface area (Å²) in [5.41, 5.74) is 8.58. The molecule has 0 unspecified atom stereocenters. The van der Waals surface area contributed by atoms with Gasteiger partial charge in [-0.2, -0.15) is 9.78 Å². The number of anilines is 1. The maximum atomic E-state index is 13.7. The van der Waals surface area contributed by atoms with Crippen LogP contribution in [-0.2, 0) is 12.8 Å². The van der Waals surface area contributed by atoms with Gasteiger partial charge in [0.15, 0.2) is 10.9 Å². The van der Waals surface area contributed by atoms with E-state index in [-0.39, 0.29) is 28.6 Å². The van der Waals surface area contributed by atoms with Crippen molar-refractivity contribution in [2.45, 2.75) is 10.9 Å². The van der Waals surface area contributed by atoms with Gasteiger partial charge in [-0.05, 0) is 16.4 Å². The lowest BCUT2D eigenvalue weighted by Crippen LogP contribution is -2.20. The van der Waals surface area contributed by atoms with E-state index in [0.717, 1.165) is 0 Å². The molecule has 0 bridgehead atoms. The predicted octanol–water partition coefficient (Wildman–Crippen LogP) is 0.556. The van der Waals surface area contributed by atoms with Gasteiger partial charge in [-0.25, -0.2) is 14.4 Å². The molecule has 1 amide bonds. The molecule has 0 atom stereocenters. The summed E-state index contributed by atoms with van der Waals surface area (Å²) in [5, 5.41) is 27.2. The van der Waals surface area contributed by atoms with Crippen molar-refractivity contribution in [2.24, 2.45) is 12.1 Å². The number of carbonyl (C=O) groups excluding carboxylic acids is 1. The number of halogens is 1. The molecular formula is C16H14FN11O2S. The Labute approximate surface area is 177 Å². The van der Waals surface area contributed by atoms with E-state index >= 15 is 0 Å². The number of thioether (sulfide) groups is 1. The topological polar surface area (TPSA) is 168 Å². The fraction of sp³-hybridized carbons (Fsp3) is 0.125. The first-order valence-corrected chi connectivity index (χ1v) is 9.61. The molecule has 158 valence electrons. The van der Waals surface area contributed by atoms with Gasteiger partial charge in [0.1, 0.15) is 12.1 Å². The van der Waals surface area contributed by atoms with Gasteiger partial charge < -0.3 is 10.3 Å². The van der Waals surface area contributed by atoms with Crippen LogP contribution in [0.4, 0.5) is 10.2 Å². The van der Waals surface area contributed by atoms with Crippen molar-refractivity contribution in [3.63, 3.8) is 0 Å². The molecule has 0 saturated heterocycles. The first-order chi connectivity index (χ1) is 15.0. The van der Waals surface area contributed by atoms with Gasteiger partial charge >= 0.3 is 0 Å². The Morgan fingerprint density at radius 2 is 2.19 bits per heavy atom. The van der Waals surface area contributed by atoms with Crippen molar-refractivity contribution in [1.29, 1.82) is 0 Å². The van der Waals surface area contributed by atoms with Crippen LogP contribution in [0.25, 0.3) is 5.82 Å². The number of aromatic nitrogens is 8. The first-order valence-electron chi connectivity index (χ1n) is 8.62. The van der Waals surface area contributed by atoms with Gasteiger partial charge in [-0.3, -0.25) is 4.79 Å². The molecule has 0 spiro atoms. The molecule has 0 aliphatic heterocycles. The Balaban J connectivity index is 1.59. The van der Waals surface area contributed by atoms with E-state index in [0.29, 0.717) is 10.9 Å². The number of nitrogens with zero attached hydrogens (tertiary/aromatic N) is 9. The monoisotopic (exact) mass is 443 g/mol. The minimum Gasteiger partial charge on any atom is -0.378 e. The van der Waals surface area contributed by atoms with Crippen LogP contribution >= 0.6 is 11.8 Å². The van der Waals surface area contributed by atoms with E-state index in [1.165, 1.54) is 34.8 Å². The highest BCUT2D eigenvalue weighted by Crippen LogP contribution is 2.24. The number of hydrazone groups is 1. The smallest absolute Gasteiger partial charge is 0.293 e. The summed E-state index contributed by atoms with van der Waals surface area (Å²) in [6.07, 6.45) is 2.73. The molecule has 0 aliphatic carbocycles. The lowest BCUT2D eigenvalue weighted by molar-refractivity contribution is 0.0949. The van der Waals surface area contributed by atoms with Gasteiger partial charge in [0.05, 0.1) is 11.9 Å². The predicted molar refractivity (Wildman–Crippen MR) is 106 cm³/mol. The van der Waals surface area contributed by atoms with Crippen molar-refractivity contribution in [3.8, 4) is 5.82 Å². The molecule has 4 aromatic rings. The van der Waals surface area contributed by atoms with Crippen molar-refractivity contribution in [3.05, 3.63) is 53.4 Å². The minimum atomic E-state index is -0.664. The van der Waals surface area contributed by atoms with Crippen LogP contribution in [0, 0.1) is 5.82 Å². The maximum absolute atomic E-state index is 13.7. The SMILES string of the molecule is Cn1cnnc1SCc1c(C(=O)N/N=C\c2ccccc2F)nnn1-c1nonc1N. The Bertz CT molecular complexity index is 1250.